The first-order valence-corrected chi connectivity index (χ1v) is 44.4. The van der Waals surface area contributed by atoms with Crippen molar-refractivity contribution in [3.8, 4) is 0 Å². The normalized spacial score (nSPS) is 18.9. The van der Waals surface area contributed by atoms with Crippen LogP contribution < -0.4 is 77.3 Å². The first-order valence-electron chi connectivity index (χ1n) is 44.1. The number of nitrogens with one attached hydrogen (secondary N) is 9. The van der Waals surface area contributed by atoms with E-state index in [1.807, 2.05) is 68.0 Å². The molecular weight excluding hydrogens is 1470 g/mol. The lowest BCUT2D eigenvalue weighted by atomic mass is 9.81. The van der Waals surface area contributed by atoms with E-state index in [1.54, 1.807) is 24.7 Å². The van der Waals surface area contributed by atoms with Crippen molar-refractivity contribution in [2.24, 2.45) is 5.92 Å². The summed E-state index contributed by atoms with van der Waals surface area (Å²) in [5, 5.41) is 32.1. The number of halogens is 3. The molecule has 3 aliphatic carbocycles. The van der Waals surface area contributed by atoms with E-state index in [0.29, 0.717) is 102 Å². The number of hydrogen-bond acceptors (Lipinski definition) is 21. The molecule has 648 valence electrons. The van der Waals surface area contributed by atoms with E-state index in [-0.39, 0.29) is 11.6 Å². The summed E-state index contributed by atoms with van der Waals surface area (Å²) >= 11 is 6.06. The lowest BCUT2D eigenvalue weighted by Crippen LogP contribution is -2.60. The second kappa shape index (κ2) is 49.3. The van der Waals surface area contributed by atoms with Gasteiger partial charge in [0.1, 0.15) is 17.5 Å². The molecule has 24 heteroatoms. The van der Waals surface area contributed by atoms with Crippen LogP contribution in [-0.2, 0) is 0 Å². The minimum absolute atomic E-state index is 0.219. The number of anilines is 6. The predicted octanol–water partition coefficient (Wildman–Crippen LogP) is 14.6. The zero-order valence-electron chi connectivity index (χ0n) is 75.4. The Labute approximate surface area is 705 Å². The topological polar surface area (TPSA) is 205 Å². The summed E-state index contributed by atoms with van der Waals surface area (Å²) < 4.78 is 26.9. The quantitative estimate of drug-likeness (QED) is 0.0276. The van der Waals surface area contributed by atoms with Gasteiger partial charge in [0, 0.05) is 235 Å². The number of nitrogens with zero attached hydrogens (tertiary/aromatic N) is 12. The maximum atomic E-state index is 13.6. The van der Waals surface area contributed by atoms with Crippen molar-refractivity contribution in [3.63, 3.8) is 0 Å². The number of pyridine rings is 6. The van der Waals surface area contributed by atoms with Crippen molar-refractivity contribution >= 4 is 46.4 Å². The van der Waals surface area contributed by atoms with Gasteiger partial charge < -0.3 is 77.3 Å². The fourth-order valence-corrected chi connectivity index (χ4v) is 15.6. The molecule has 9 fully saturated rings. The van der Waals surface area contributed by atoms with Gasteiger partial charge in [0.25, 0.3) is 0 Å². The molecule has 0 amide bonds. The van der Waals surface area contributed by atoms with Gasteiger partial charge in [0.15, 0.2) is 23.3 Å². The standard InChI is InChI=1S/C12H18FN3.3C12H19N3.C11H16ClN3.C11H16FN3.2C8H17N.C6H13N/c1-8(2)15-10-6-16(7-10)12-11(13)4-9(3)5-14-12;1-9(2)14-11-7-15(8-11)12-4-5-13-10(3)6-12;2*1-9(2)13-11-7-15(8-11)12-6-4-5-10(3)14-12;2*1-8(2)14-9-6-15(7-9)11-10(12)4-3-5-13-11;1-6(2)9-8-4-7(3)5-8;1-7(2)9-8-5-3-4-6-8;1-5(2)7-6-3-4-6/h4-5,8,10,15H,6-7H2,1-3H3;4-6,9,11,14H,7-8H2,1-3H3;2*4-6,9,11,13H,7-8H2,1-3H3;2*3-5,8-9,14H,6-7H2,1-2H3;6-9H,4-5H2,1-3H3;7-9H,3-6H2,1-2H3;5-7H,3-4H2,1-2H3. The van der Waals surface area contributed by atoms with Crippen LogP contribution >= 0.6 is 11.6 Å². The molecule has 0 atom stereocenters. The average molecular weight is 1630 g/mol. The van der Waals surface area contributed by atoms with Crippen molar-refractivity contribution in [1.29, 1.82) is 0 Å². The molecule has 3 saturated carbocycles. The van der Waals surface area contributed by atoms with Crippen LogP contribution in [0.15, 0.2) is 104 Å². The first kappa shape index (κ1) is 96.6. The van der Waals surface area contributed by atoms with E-state index in [2.05, 4.69) is 265 Å². The molecule has 6 aromatic heterocycles. The summed E-state index contributed by atoms with van der Waals surface area (Å²) in [6, 6.07) is 36.1. The fraction of sp³-hybridized carbons (Fsp3) is 0.674. The van der Waals surface area contributed by atoms with E-state index in [1.165, 1.54) is 69.2 Å². The third-order valence-electron chi connectivity index (χ3n) is 20.7. The predicted molar refractivity (Wildman–Crippen MR) is 487 cm³/mol. The lowest BCUT2D eigenvalue weighted by Gasteiger charge is -2.42. The Hall–Kier alpha value is -6.51. The van der Waals surface area contributed by atoms with Crippen LogP contribution in [0.2, 0.25) is 5.02 Å². The molecule has 6 aliphatic heterocycles. The van der Waals surface area contributed by atoms with Crippen molar-refractivity contribution in [2.75, 3.05) is 108 Å². The fourth-order valence-electron chi connectivity index (χ4n) is 15.3. The summed E-state index contributed by atoms with van der Waals surface area (Å²) in [4.78, 5) is 38.8. The van der Waals surface area contributed by atoms with E-state index < -0.39 is 0 Å². The highest BCUT2D eigenvalue weighted by Gasteiger charge is 2.34. The molecule has 116 heavy (non-hydrogen) atoms. The van der Waals surface area contributed by atoms with E-state index in [9.17, 15) is 8.78 Å². The van der Waals surface area contributed by atoms with Gasteiger partial charge in [-0.25, -0.2) is 33.7 Å². The SMILES string of the molecule is CC(C)NC1CC1.CC(C)NC1CCCC1.CC(C)NC1CN(c2ncccc2Cl)C1.CC(C)NC1CN(c2ncccc2F)C1.CC1CC(NC(C)C)C1.Cc1cc(N2CC(NC(C)C)C2)ccn1.Cc1cccc(N2CC(NC(C)C)C2)n1.Cc1cccc(N2CC(NC(C)C)C2)n1.Cc1cnc(N2CC(NC(C)C)C2)c(F)c1. The molecule has 9 N–H and O–H groups in total. The van der Waals surface area contributed by atoms with E-state index in [4.69, 9.17) is 11.6 Å². The van der Waals surface area contributed by atoms with Crippen LogP contribution in [0, 0.1) is 45.2 Å². The highest BCUT2D eigenvalue weighted by molar-refractivity contribution is 6.33. The zero-order valence-corrected chi connectivity index (χ0v) is 76.2. The van der Waals surface area contributed by atoms with Crippen LogP contribution in [0.1, 0.15) is 206 Å². The molecule has 21 nitrogen and oxygen atoms in total. The molecule has 0 bridgehead atoms. The third-order valence-corrected chi connectivity index (χ3v) is 21.0. The molecule has 12 heterocycles. The highest BCUT2D eigenvalue weighted by Crippen LogP contribution is 2.30. The van der Waals surface area contributed by atoms with Crippen LogP contribution in [-0.4, -0.2) is 217 Å². The third kappa shape index (κ3) is 35.8. The average Bonchev–Trinajstić information content (AvgIpc) is 1.28. The van der Waals surface area contributed by atoms with Crippen LogP contribution in [0.5, 0.6) is 0 Å². The Balaban J connectivity index is 0.000000182. The minimum atomic E-state index is -0.236. The summed E-state index contributed by atoms with van der Waals surface area (Å²) in [5.74, 6) is 4.59. The van der Waals surface area contributed by atoms with Crippen molar-refractivity contribution in [1.82, 2.24) is 77.8 Å². The van der Waals surface area contributed by atoms with Gasteiger partial charge in [-0.05, 0) is 144 Å². The van der Waals surface area contributed by atoms with Crippen LogP contribution in [0.4, 0.5) is 43.6 Å². The molecule has 9 aliphatic rings. The lowest BCUT2D eigenvalue weighted by molar-refractivity contribution is 0.229. The Morgan fingerprint density at radius 1 is 0.336 bits per heavy atom. The van der Waals surface area contributed by atoms with Crippen molar-refractivity contribution in [2.45, 2.75) is 319 Å². The minimum Gasteiger partial charge on any atom is -0.368 e. The number of rotatable bonds is 24. The molecule has 0 spiro atoms. The monoisotopic (exact) mass is 1630 g/mol. The van der Waals surface area contributed by atoms with Crippen molar-refractivity contribution in [3.05, 3.63) is 143 Å². The van der Waals surface area contributed by atoms with Crippen LogP contribution in [0.25, 0.3) is 0 Å². The highest BCUT2D eigenvalue weighted by atomic mass is 35.5. The number of aromatic nitrogens is 6. The Morgan fingerprint density at radius 3 is 1.03 bits per heavy atom. The summed E-state index contributed by atoms with van der Waals surface area (Å²) in [6.07, 6.45) is 18.2. The molecule has 6 saturated heterocycles. The molecule has 6 aromatic rings. The number of hydrogen-bond donors (Lipinski definition) is 9. The maximum absolute atomic E-state index is 13.6. The van der Waals surface area contributed by atoms with E-state index >= 15 is 0 Å². The van der Waals surface area contributed by atoms with Gasteiger partial charge in [0.05, 0.1) is 5.02 Å². The number of aryl methyl sites for hydroxylation is 4. The van der Waals surface area contributed by atoms with Gasteiger partial charge in [-0.3, -0.25) is 4.98 Å². The van der Waals surface area contributed by atoms with Gasteiger partial charge in [0.2, 0.25) is 0 Å². The summed E-state index contributed by atoms with van der Waals surface area (Å²) in [7, 11) is 0. The molecule has 0 aromatic carbocycles. The van der Waals surface area contributed by atoms with E-state index in [0.717, 1.165) is 148 Å². The van der Waals surface area contributed by atoms with Gasteiger partial charge in [-0.15, -0.1) is 0 Å². The van der Waals surface area contributed by atoms with Gasteiger partial charge in [-0.1, -0.05) is 168 Å². The molecule has 0 unspecified atom stereocenters. The Morgan fingerprint density at radius 2 is 0.681 bits per heavy atom. The smallest absolute Gasteiger partial charge is 0.165 e. The second-order valence-corrected chi connectivity index (χ2v) is 36.8. The molecule has 15 rings (SSSR count). The Kier molecular flexibility index (Phi) is 41.0. The second-order valence-electron chi connectivity index (χ2n) is 36.4. The van der Waals surface area contributed by atoms with Gasteiger partial charge in [-0.2, -0.15) is 0 Å². The first-order chi connectivity index (χ1) is 55.1. The Bertz CT molecular complexity index is 3450. The summed E-state index contributed by atoms with van der Waals surface area (Å²) in [6.45, 7) is 61.3. The molecular formula is C92H154ClF2N21. The summed E-state index contributed by atoms with van der Waals surface area (Å²) in [5.41, 5.74) is 5.43. The maximum Gasteiger partial charge on any atom is 0.165 e. The zero-order chi connectivity index (χ0) is 84.7. The van der Waals surface area contributed by atoms with Gasteiger partial charge >= 0.3 is 0 Å². The molecule has 0 radical (unpaired) electrons. The largest absolute Gasteiger partial charge is 0.368 e. The van der Waals surface area contributed by atoms with Crippen molar-refractivity contribution < 1.29 is 8.78 Å². The van der Waals surface area contributed by atoms with Crippen LogP contribution in [0.3, 0.4) is 0 Å².